The third-order valence-electron chi connectivity index (χ3n) is 6.53. The van der Waals surface area contributed by atoms with Gasteiger partial charge in [-0.15, -0.1) is 0 Å². The lowest BCUT2D eigenvalue weighted by Crippen LogP contribution is -2.49. The molecule has 0 N–H and O–H groups in total. The molecule has 2 fully saturated rings. The van der Waals surface area contributed by atoms with Gasteiger partial charge < -0.3 is 9.64 Å². The van der Waals surface area contributed by atoms with E-state index in [1.165, 1.54) is 16.7 Å². The fraction of sp³-hybridized carbons (Fsp3) is 0.609. The highest BCUT2D eigenvalue weighted by Crippen LogP contribution is 2.60. The average Bonchev–Trinajstić information content (AvgIpc) is 2.96. The number of carbonyl (C=O) groups excluding carboxylic acids is 1. The van der Waals surface area contributed by atoms with Crippen LogP contribution in [-0.2, 0) is 17.8 Å². The van der Waals surface area contributed by atoms with Crippen molar-refractivity contribution in [2.45, 2.75) is 40.7 Å². The molecule has 1 aromatic carbocycles. The van der Waals surface area contributed by atoms with Gasteiger partial charge in [-0.2, -0.15) is 0 Å². The lowest BCUT2D eigenvalue weighted by atomic mass is 10.1. The van der Waals surface area contributed by atoms with E-state index < -0.39 is 0 Å². The summed E-state index contributed by atoms with van der Waals surface area (Å²) in [7, 11) is 0. The van der Waals surface area contributed by atoms with Gasteiger partial charge in [0.25, 0.3) is 0 Å². The molecule has 1 aromatic rings. The number of allylic oxidation sites excluding steroid dienone is 2. The van der Waals surface area contributed by atoms with Gasteiger partial charge in [0.2, 0.25) is 5.91 Å². The van der Waals surface area contributed by atoms with E-state index in [1.807, 2.05) is 0 Å². The molecular weight excluding hydrogens is 336 g/mol. The summed E-state index contributed by atoms with van der Waals surface area (Å²) < 4.78 is 5.60. The van der Waals surface area contributed by atoms with E-state index in [-0.39, 0.29) is 11.3 Å². The molecular formula is C23H32N2O2. The standard InChI is InChI=1S/C23H32N2O2/c1-16(2)13-19-21(23(19,3)4)22(26)25-10-8-24(9-11-25)15-17-5-6-20-18(14-17)7-12-27-20/h5-6,13-14,19,21H,7-12,15H2,1-4H3. The van der Waals surface area contributed by atoms with Crippen LogP contribution < -0.4 is 4.74 Å². The number of nitrogens with zero attached hydrogens (tertiary/aromatic N) is 2. The smallest absolute Gasteiger partial charge is 0.226 e. The van der Waals surface area contributed by atoms with E-state index in [2.05, 4.69) is 61.8 Å². The highest BCUT2D eigenvalue weighted by atomic mass is 16.5. The molecule has 146 valence electrons. The van der Waals surface area contributed by atoms with Crippen molar-refractivity contribution in [2.24, 2.45) is 17.3 Å². The van der Waals surface area contributed by atoms with Crippen molar-refractivity contribution in [1.82, 2.24) is 9.80 Å². The van der Waals surface area contributed by atoms with Crippen molar-refractivity contribution in [3.63, 3.8) is 0 Å². The second-order valence-corrected chi connectivity index (χ2v) is 9.21. The Bertz CT molecular complexity index is 756. The Morgan fingerprint density at radius 1 is 1.22 bits per heavy atom. The number of fused-ring (bicyclic) bond motifs is 1. The third kappa shape index (κ3) is 3.64. The molecule has 1 saturated heterocycles. The maximum absolute atomic E-state index is 13.0. The van der Waals surface area contributed by atoms with Gasteiger partial charge in [0.1, 0.15) is 5.75 Å². The minimum absolute atomic E-state index is 0.109. The Balaban J connectivity index is 1.31. The van der Waals surface area contributed by atoms with Crippen molar-refractivity contribution in [3.05, 3.63) is 41.0 Å². The van der Waals surface area contributed by atoms with E-state index in [0.29, 0.717) is 11.8 Å². The Hall–Kier alpha value is -1.81. The molecule has 0 spiro atoms. The number of carbonyl (C=O) groups is 1. The van der Waals surface area contributed by atoms with E-state index in [4.69, 9.17) is 4.74 Å². The number of piperazine rings is 1. The van der Waals surface area contributed by atoms with Crippen LogP contribution in [0.2, 0.25) is 0 Å². The van der Waals surface area contributed by atoms with Crippen molar-refractivity contribution >= 4 is 5.91 Å². The van der Waals surface area contributed by atoms with Gasteiger partial charge in [-0.05, 0) is 42.4 Å². The number of amides is 1. The summed E-state index contributed by atoms with van der Waals surface area (Å²) in [5, 5.41) is 0. The van der Waals surface area contributed by atoms with Gasteiger partial charge in [0.15, 0.2) is 0 Å². The minimum Gasteiger partial charge on any atom is -0.493 e. The predicted molar refractivity (Wildman–Crippen MR) is 108 cm³/mol. The molecule has 2 heterocycles. The Kier molecular flexibility index (Phi) is 4.79. The van der Waals surface area contributed by atoms with Crippen LogP contribution in [0, 0.1) is 17.3 Å². The van der Waals surface area contributed by atoms with Gasteiger partial charge in [-0.3, -0.25) is 9.69 Å². The summed E-state index contributed by atoms with van der Waals surface area (Å²) >= 11 is 0. The topological polar surface area (TPSA) is 32.8 Å². The first kappa shape index (κ1) is 18.5. The fourth-order valence-corrected chi connectivity index (χ4v) is 4.74. The van der Waals surface area contributed by atoms with Gasteiger partial charge in [0.05, 0.1) is 12.5 Å². The van der Waals surface area contributed by atoms with Gasteiger partial charge in [-0.1, -0.05) is 37.6 Å². The zero-order valence-electron chi connectivity index (χ0n) is 17.1. The molecule has 0 aromatic heterocycles. The van der Waals surface area contributed by atoms with Gasteiger partial charge >= 0.3 is 0 Å². The largest absolute Gasteiger partial charge is 0.493 e. The molecule has 4 rings (SSSR count). The molecule has 1 amide bonds. The maximum Gasteiger partial charge on any atom is 0.226 e. The number of hydrogen-bond donors (Lipinski definition) is 0. The number of benzene rings is 1. The summed E-state index contributed by atoms with van der Waals surface area (Å²) in [5.74, 6) is 1.97. The zero-order chi connectivity index (χ0) is 19.2. The van der Waals surface area contributed by atoms with Crippen LogP contribution in [0.3, 0.4) is 0 Å². The first-order chi connectivity index (χ1) is 12.9. The highest BCUT2D eigenvalue weighted by molar-refractivity contribution is 5.84. The average molecular weight is 369 g/mol. The molecule has 2 unspecified atom stereocenters. The van der Waals surface area contributed by atoms with Crippen LogP contribution >= 0.6 is 0 Å². The maximum atomic E-state index is 13.0. The van der Waals surface area contributed by atoms with Crippen molar-refractivity contribution in [3.8, 4) is 5.75 Å². The van der Waals surface area contributed by atoms with Crippen molar-refractivity contribution in [2.75, 3.05) is 32.8 Å². The monoisotopic (exact) mass is 368 g/mol. The first-order valence-electron chi connectivity index (χ1n) is 10.3. The summed E-state index contributed by atoms with van der Waals surface area (Å²) in [6.45, 7) is 14.1. The third-order valence-corrected chi connectivity index (χ3v) is 6.53. The zero-order valence-corrected chi connectivity index (χ0v) is 17.1. The van der Waals surface area contributed by atoms with Crippen LogP contribution in [0.1, 0.15) is 38.8 Å². The normalized spacial score (nSPS) is 26.3. The second kappa shape index (κ2) is 6.97. The van der Waals surface area contributed by atoms with Crippen LogP contribution in [0.15, 0.2) is 29.8 Å². The molecule has 2 atom stereocenters. The molecule has 27 heavy (non-hydrogen) atoms. The summed E-state index contributed by atoms with van der Waals surface area (Å²) in [6.07, 6.45) is 3.31. The molecule has 1 saturated carbocycles. The van der Waals surface area contributed by atoms with Crippen molar-refractivity contribution in [1.29, 1.82) is 0 Å². The highest BCUT2D eigenvalue weighted by Gasteiger charge is 2.61. The second-order valence-electron chi connectivity index (χ2n) is 9.21. The number of rotatable bonds is 4. The van der Waals surface area contributed by atoms with Gasteiger partial charge in [-0.25, -0.2) is 0 Å². The molecule has 3 aliphatic rings. The number of hydrogen-bond acceptors (Lipinski definition) is 3. The molecule has 0 radical (unpaired) electrons. The fourth-order valence-electron chi connectivity index (χ4n) is 4.74. The van der Waals surface area contributed by atoms with E-state index in [0.717, 1.165) is 51.5 Å². The lowest BCUT2D eigenvalue weighted by Gasteiger charge is -2.35. The molecule has 4 nitrogen and oxygen atoms in total. The minimum atomic E-state index is 0.109. The van der Waals surface area contributed by atoms with E-state index in [1.54, 1.807) is 0 Å². The van der Waals surface area contributed by atoms with Crippen LogP contribution in [0.4, 0.5) is 0 Å². The Morgan fingerprint density at radius 3 is 2.67 bits per heavy atom. The SMILES string of the molecule is CC(C)=CC1C(C(=O)N2CCN(Cc3ccc4c(c3)CCO4)CC2)C1(C)C. The first-order valence-corrected chi connectivity index (χ1v) is 10.3. The lowest BCUT2D eigenvalue weighted by molar-refractivity contribution is -0.135. The summed E-state index contributed by atoms with van der Waals surface area (Å²) in [6, 6.07) is 6.57. The predicted octanol–water partition coefficient (Wildman–Crippen LogP) is 3.50. The van der Waals surface area contributed by atoms with E-state index >= 15 is 0 Å². The van der Waals surface area contributed by atoms with Crippen LogP contribution in [0.5, 0.6) is 5.75 Å². The molecule has 0 bridgehead atoms. The van der Waals surface area contributed by atoms with Gasteiger partial charge in [0, 0.05) is 39.1 Å². The summed E-state index contributed by atoms with van der Waals surface area (Å²) in [5.41, 5.74) is 4.11. The molecule has 1 aliphatic carbocycles. The van der Waals surface area contributed by atoms with Crippen molar-refractivity contribution < 1.29 is 9.53 Å². The number of ether oxygens (including phenoxy) is 1. The molecule has 2 aliphatic heterocycles. The Morgan fingerprint density at radius 2 is 1.96 bits per heavy atom. The van der Waals surface area contributed by atoms with E-state index in [9.17, 15) is 4.79 Å². The quantitative estimate of drug-likeness (QED) is 0.763. The summed E-state index contributed by atoms with van der Waals surface area (Å²) in [4.78, 5) is 17.6. The van der Waals surface area contributed by atoms with Crippen LogP contribution in [0.25, 0.3) is 0 Å². The van der Waals surface area contributed by atoms with Crippen LogP contribution in [-0.4, -0.2) is 48.5 Å². The Labute approximate surface area is 163 Å². The molecule has 4 heteroatoms.